The summed E-state index contributed by atoms with van der Waals surface area (Å²) in [6.07, 6.45) is 0. The van der Waals surface area contributed by atoms with E-state index in [-0.39, 0.29) is 10.0 Å². The van der Waals surface area contributed by atoms with Gasteiger partial charge in [0.2, 0.25) is 10.5 Å². The fourth-order valence-electron chi connectivity index (χ4n) is 0.745. The maximum atomic E-state index is 5.80. The summed E-state index contributed by atoms with van der Waals surface area (Å²) in [5.41, 5.74) is 0. The van der Waals surface area contributed by atoms with Crippen molar-refractivity contribution in [3.05, 3.63) is 0 Å². The van der Waals surface area contributed by atoms with Crippen molar-refractivity contribution in [2.24, 2.45) is 13.8 Å². The van der Waals surface area contributed by atoms with Crippen molar-refractivity contribution in [1.82, 2.24) is 0 Å². The molecule has 0 bridgehead atoms. The van der Waals surface area contributed by atoms with E-state index in [0.29, 0.717) is 17.7 Å². The molecule has 0 radical (unpaired) electrons. The first-order valence-corrected chi connectivity index (χ1v) is 7.37. The Hall–Kier alpha value is 0.380. The fraction of sp³-hybridized carbons (Fsp3) is 0.750. The molecule has 0 aromatic rings. The molecule has 1 rings (SSSR count). The summed E-state index contributed by atoms with van der Waals surface area (Å²) in [6, 6.07) is 0. The molecule has 0 amide bonds. The quantitative estimate of drug-likeness (QED) is 0.593. The van der Waals surface area contributed by atoms with Gasteiger partial charge in [0.15, 0.2) is 11.2 Å². The minimum atomic E-state index is -0.894. The Labute approximate surface area is 112 Å². The van der Waals surface area contributed by atoms with Crippen LogP contribution in [0.1, 0.15) is 20.8 Å². The average molecular weight is 302 g/mol. The molecule has 0 aliphatic carbocycles. The lowest BCUT2D eigenvalue weighted by molar-refractivity contribution is 0.396. The molecule has 8 heteroatoms. The van der Waals surface area contributed by atoms with Gasteiger partial charge in [-0.15, -0.1) is 16.0 Å². The summed E-state index contributed by atoms with van der Waals surface area (Å²) < 4.78 is 13.5. The van der Waals surface area contributed by atoms with Gasteiger partial charge in [0, 0.05) is 10.6 Å². The standard InChI is InChI=1S/C8H13Cl2N3OS2/c1-8(2,3)15-7-11-6(10)12-16(13-7)14-5-4-9/h4-5H2,1-3H3. The van der Waals surface area contributed by atoms with Crippen LogP contribution in [0, 0.1) is 0 Å². The number of halogens is 2. The average Bonchev–Trinajstić information content (AvgIpc) is 2.10. The second-order valence-corrected chi connectivity index (χ2v) is 7.37. The first-order chi connectivity index (χ1) is 7.40. The van der Waals surface area contributed by atoms with Gasteiger partial charge in [-0.3, -0.25) is 4.18 Å². The third-order valence-corrected chi connectivity index (χ3v) is 3.71. The zero-order valence-corrected chi connectivity index (χ0v) is 12.4. The molecule has 0 aromatic carbocycles. The minimum absolute atomic E-state index is 0.0261. The Morgan fingerprint density at radius 2 is 2.12 bits per heavy atom. The molecular weight excluding hydrogens is 289 g/mol. The third kappa shape index (κ3) is 5.63. The zero-order chi connectivity index (χ0) is 12.2. The first kappa shape index (κ1) is 14.4. The largest absolute Gasteiger partial charge is 0.287 e. The lowest BCUT2D eigenvalue weighted by Gasteiger charge is -2.17. The second-order valence-electron chi connectivity index (χ2n) is 3.80. The predicted molar refractivity (Wildman–Crippen MR) is 74.5 cm³/mol. The highest BCUT2D eigenvalue weighted by molar-refractivity contribution is 8.15. The third-order valence-electron chi connectivity index (χ3n) is 1.16. The molecule has 16 heavy (non-hydrogen) atoms. The van der Waals surface area contributed by atoms with Crippen LogP contribution in [0.2, 0.25) is 0 Å². The van der Waals surface area contributed by atoms with Crippen LogP contribution >= 0.6 is 35.0 Å². The van der Waals surface area contributed by atoms with Crippen LogP contribution in [0.25, 0.3) is 0 Å². The van der Waals surface area contributed by atoms with E-state index >= 15 is 0 Å². The van der Waals surface area contributed by atoms with E-state index < -0.39 is 11.2 Å². The van der Waals surface area contributed by atoms with Gasteiger partial charge in [-0.2, -0.15) is 9.36 Å². The van der Waals surface area contributed by atoms with Crippen molar-refractivity contribution in [2.45, 2.75) is 25.5 Å². The number of aliphatic imine (C=N–C) groups is 1. The lowest BCUT2D eigenvalue weighted by atomic mass is 10.3. The van der Waals surface area contributed by atoms with Gasteiger partial charge in [-0.1, -0.05) is 32.5 Å². The summed E-state index contributed by atoms with van der Waals surface area (Å²) in [4.78, 5) is 4.05. The zero-order valence-electron chi connectivity index (χ0n) is 9.24. The molecular formula is C8H13Cl2N3OS2. The maximum absolute atomic E-state index is 5.80. The molecule has 1 heterocycles. The van der Waals surface area contributed by atoms with Gasteiger partial charge in [-0.25, -0.2) is 0 Å². The van der Waals surface area contributed by atoms with Gasteiger partial charge in [-0.05, 0) is 11.6 Å². The second kappa shape index (κ2) is 6.35. The number of rotatable bonds is 3. The smallest absolute Gasteiger partial charge is 0.234 e. The molecule has 0 spiro atoms. The molecule has 1 unspecified atom stereocenters. The topological polar surface area (TPSA) is 46.3 Å². The number of nitrogens with zero attached hydrogens (tertiary/aromatic N) is 3. The van der Waals surface area contributed by atoms with Gasteiger partial charge in [0.25, 0.3) is 0 Å². The highest BCUT2D eigenvalue weighted by atomic mass is 35.5. The highest BCUT2D eigenvalue weighted by Gasteiger charge is 2.18. The van der Waals surface area contributed by atoms with Gasteiger partial charge >= 0.3 is 0 Å². The summed E-state index contributed by atoms with van der Waals surface area (Å²) in [6.45, 7) is 6.63. The normalized spacial score (nSPS) is 21.2. The SMILES string of the molecule is CC(C)(C)SC1=NC(Cl)=NS(OCCCl)=N1. The molecule has 92 valence electrons. The van der Waals surface area contributed by atoms with E-state index in [1.807, 2.05) is 0 Å². The van der Waals surface area contributed by atoms with Crippen molar-refractivity contribution in [1.29, 1.82) is 0 Å². The number of thioether (sulfide) groups is 1. The molecule has 0 saturated carbocycles. The maximum Gasteiger partial charge on any atom is 0.234 e. The molecule has 0 aromatic heterocycles. The van der Waals surface area contributed by atoms with E-state index in [9.17, 15) is 0 Å². The number of amidine groups is 2. The van der Waals surface area contributed by atoms with Crippen molar-refractivity contribution in [3.8, 4) is 0 Å². The first-order valence-electron chi connectivity index (χ1n) is 4.58. The summed E-state index contributed by atoms with van der Waals surface area (Å²) in [7, 11) is 0. The Kier molecular flexibility index (Phi) is 5.73. The Morgan fingerprint density at radius 3 is 2.69 bits per heavy atom. The van der Waals surface area contributed by atoms with Crippen LogP contribution in [0.5, 0.6) is 0 Å². The van der Waals surface area contributed by atoms with Crippen molar-refractivity contribution in [2.75, 3.05) is 12.5 Å². The Morgan fingerprint density at radius 1 is 1.44 bits per heavy atom. The van der Waals surface area contributed by atoms with Crippen molar-refractivity contribution in [3.63, 3.8) is 0 Å². The molecule has 1 atom stereocenters. The van der Waals surface area contributed by atoms with Gasteiger partial charge < -0.3 is 0 Å². The Bertz CT molecular complexity index is 350. The van der Waals surface area contributed by atoms with Crippen LogP contribution in [-0.4, -0.2) is 27.7 Å². The van der Waals surface area contributed by atoms with Crippen LogP contribution in [-0.2, 0) is 15.3 Å². The van der Waals surface area contributed by atoms with Gasteiger partial charge in [0.1, 0.15) is 0 Å². The monoisotopic (exact) mass is 301 g/mol. The minimum Gasteiger partial charge on any atom is -0.287 e. The number of hydrogen-bond acceptors (Lipinski definition) is 5. The molecule has 4 nitrogen and oxygen atoms in total. The van der Waals surface area contributed by atoms with E-state index in [1.165, 1.54) is 11.8 Å². The van der Waals surface area contributed by atoms with E-state index in [0.717, 1.165) is 0 Å². The molecule has 0 fully saturated rings. The molecule has 0 N–H and O–H groups in total. The summed E-state index contributed by atoms with van der Waals surface area (Å²) in [5.74, 6) is 0.408. The molecule has 1 aliphatic rings. The Balaban J connectivity index is 2.72. The highest BCUT2D eigenvalue weighted by Crippen LogP contribution is 2.27. The van der Waals surface area contributed by atoms with Crippen molar-refractivity contribution < 1.29 is 4.18 Å². The summed E-state index contributed by atoms with van der Waals surface area (Å²) in [5, 5.41) is 0.782. The summed E-state index contributed by atoms with van der Waals surface area (Å²) >= 11 is 12.0. The molecule has 1 aliphatic heterocycles. The predicted octanol–water partition coefficient (Wildman–Crippen LogP) is 3.37. The van der Waals surface area contributed by atoms with Crippen LogP contribution < -0.4 is 0 Å². The van der Waals surface area contributed by atoms with E-state index in [2.05, 4.69) is 34.5 Å². The van der Waals surface area contributed by atoms with E-state index in [4.69, 9.17) is 27.4 Å². The lowest BCUT2D eigenvalue weighted by Crippen LogP contribution is -2.14. The number of alkyl halides is 1. The van der Waals surface area contributed by atoms with Crippen LogP contribution in [0.4, 0.5) is 0 Å². The van der Waals surface area contributed by atoms with Gasteiger partial charge in [0.05, 0.1) is 6.61 Å². The fourth-order valence-corrected chi connectivity index (χ4v) is 2.96. The van der Waals surface area contributed by atoms with Crippen molar-refractivity contribution >= 4 is 56.6 Å². The number of hydrogen-bond donors (Lipinski definition) is 0. The van der Waals surface area contributed by atoms with E-state index in [1.54, 1.807) is 0 Å². The van der Waals surface area contributed by atoms with Crippen LogP contribution in [0.3, 0.4) is 0 Å². The van der Waals surface area contributed by atoms with Crippen LogP contribution in [0.15, 0.2) is 13.8 Å². The molecule has 0 saturated heterocycles.